The quantitative estimate of drug-likeness (QED) is 0.903. The van der Waals surface area contributed by atoms with Gasteiger partial charge in [-0.25, -0.2) is 4.39 Å². The third-order valence-electron chi connectivity index (χ3n) is 3.52. The molecule has 1 saturated heterocycles. The van der Waals surface area contributed by atoms with E-state index in [2.05, 4.69) is 5.32 Å². The molecule has 1 aliphatic heterocycles. The second-order valence-corrected chi connectivity index (χ2v) is 5.24. The highest BCUT2D eigenvalue weighted by Gasteiger charge is 2.23. The Hall–Kier alpha value is -0.640. The Morgan fingerprint density at radius 3 is 2.94 bits per heavy atom. The minimum atomic E-state index is -0.254. The van der Waals surface area contributed by atoms with E-state index in [4.69, 9.17) is 16.3 Å². The van der Waals surface area contributed by atoms with E-state index in [1.807, 2.05) is 13.1 Å². The molecule has 1 aromatic rings. The van der Waals surface area contributed by atoms with E-state index >= 15 is 0 Å². The molecule has 0 aliphatic carbocycles. The standard InChI is InChI=1S/C14H19ClFNO/c1-9-6-11(12(15)8-13(9)16)14(17-2)7-10-4-3-5-18-10/h6,8,10,14,17H,3-5,7H2,1-2H3. The molecule has 0 spiro atoms. The fourth-order valence-electron chi connectivity index (χ4n) is 2.44. The van der Waals surface area contributed by atoms with E-state index in [1.165, 1.54) is 6.07 Å². The molecule has 2 rings (SSSR count). The summed E-state index contributed by atoms with van der Waals surface area (Å²) >= 11 is 6.14. The van der Waals surface area contributed by atoms with E-state index in [0.717, 1.165) is 31.4 Å². The Balaban J connectivity index is 2.18. The summed E-state index contributed by atoms with van der Waals surface area (Å²) in [4.78, 5) is 0. The van der Waals surface area contributed by atoms with Crippen molar-refractivity contribution >= 4 is 11.6 Å². The van der Waals surface area contributed by atoms with Gasteiger partial charge in [-0.1, -0.05) is 17.7 Å². The van der Waals surface area contributed by atoms with Gasteiger partial charge < -0.3 is 10.1 Å². The molecule has 0 amide bonds. The molecule has 4 heteroatoms. The van der Waals surface area contributed by atoms with Crippen LogP contribution in [0.15, 0.2) is 12.1 Å². The molecular weight excluding hydrogens is 253 g/mol. The van der Waals surface area contributed by atoms with Crippen LogP contribution >= 0.6 is 11.6 Å². The lowest BCUT2D eigenvalue weighted by atomic mass is 9.97. The van der Waals surface area contributed by atoms with Crippen molar-refractivity contribution in [1.82, 2.24) is 5.32 Å². The lowest BCUT2D eigenvalue weighted by Crippen LogP contribution is -2.22. The first-order valence-electron chi connectivity index (χ1n) is 6.36. The highest BCUT2D eigenvalue weighted by Crippen LogP contribution is 2.31. The minimum absolute atomic E-state index is 0.111. The molecule has 100 valence electrons. The van der Waals surface area contributed by atoms with Crippen molar-refractivity contribution in [2.24, 2.45) is 0 Å². The maximum Gasteiger partial charge on any atom is 0.127 e. The van der Waals surface area contributed by atoms with Crippen LogP contribution < -0.4 is 5.32 Å². The van der Waals surface area contributed by atoms with Crippen LogP contribution in [-0.4, -0.2) is 19.8 Å². The second-order valence-electron chi connectivity index (χ2n) is 4.83. The van der Waals surface area contributed by atoms with Crippen LogP contribution in [0.3, 0.4) is 0 Å². The molecular formula is C14H19ClFNO. The summed E-state index contributed by atoms with van der Waals surface area (Å²) in [7, 11) is 1.90. The molecule has 0 bridgehead atoms. The Kier molecular flexibility index (Phi) is 4.60. The van der Waals surface area contributed by atoms with Crippen molar-refractivity contribution in [3.63, 3.8) is 0 Å². The first-order valence-corrected chi connectivity index (χ1v) is 6.74. The van der Waals surface area contributed by atoms with Crippen molar-refractivity contribution in [3.8, 4) is 0 Å². The van der Waals surface area contributed by atoms with E-state index in [1.54, 1.807) is 6.92 Å². The van der Waals surface area contributed by atoms with Gasteiger partial charge in [0.1, 0.15) is 5.82 Å². The van der Waals surface area contributed by atoms with Crippen LogP contribution in [-0.2, 0) is 4.74 Å². The number of nitrogens with one attached hydrogen (secondary N) is 1. The summed E-state index contributed by atoms with van der Waals surface area (Å²) in [6.07, 6.45) is 3.37. The molecule has 2 unspecified atom stereocenters. The van der Waals surface area contributed by atoms with E-state index in [9.17, 15) is 4.39 Å². The van der Waals surface area contributed by atoms with E-state index in [-0.39, 0.29) is 18.0 Å². The van der Waals surface area contributed by atoms with Crippen molar-refractivity contribution in [3.05, 3.63) is 34.1 Å². The third kappa shape index (κ3) is 3.02. The topological polar surface area (TPSA) is 21.3 Å². The van der Waals surface area contributed by atoms with Gasteiger partial charge in [0.15, 0.2) is 0 Å². The summed E-state index contributed by atoms with van der Waals surface area (Å²) in [6.45, 7) is 2.60. The molecule has 0 radical (unpaired) electrons. The van der Waals surface area contributed by atoms with E-state index in [0.29, 0.717) is 10.6 Å². The van der Waals surface area contributed by atoms with Gasteiger partial charge in [0.05, 0.1) is 6.10 Å². The van der Waals surface area contributed by atoms with Gasteiger partial charge in [-0.15, -0.1) is 0 Å². The summed E-state index contributed by atoms with van der Waals surface area (Å²) in [5, 5.41) is 3.73. The molecule has 1 heterocycles. The number of hydrogen-bond acceptors (Lipinski definition) is 2. The number of hydrogen-bond donors (Lipinski definition) is 1. The fraction of sp³-hybridized carbons (Fsp3) is 0.571. The fourth-order valence-corrected chi connectivity index (χ4v) is 2.72. The van der Waals surface area contributed by atoms with Crippen LogP contribution in [0.5, 0.6) is 0 Å². The average Bonchev–Trinajstić information content (AvgIpc) is 2.84. The van der Waals surface area contributed by atoms with Crippen LogP contribution in [0.4, 0.5) is 4.39 Å². The molecule has 0 saturated carbocycles. The Morgan fingerprint density at radius 2 is 2.33 bits per heavy atom. The van der Waals surface area contributed by atoms with Gasteiger partial charge in [-0.2, -0.15) is 0 Å². The first kappa shape index (κ1) is 13.8. The largest absolute Gasteiger partial charge is 0.378 e. The second kappa shape index (κ2) is 6.00. The predicted molar refractivity (Wildman–Crippen MR) is 71.5 cm³/mol. The van der Waals surface area contributed by atoms with Crippen LogP contribution in [0.25, 0.3) is 0 Å². The zero-order valence-electron chi connectivity index (χ0n) is 10.8. The van der Waals surface area contributed by atoms with Gasteiger partial charge in [0.25, 0.3) is 0 Å². The van der Waals surface area contributed by atoms with Gasteiger partial charge in [0.2, 0.25) is 0 Å². The van der Waals surface area contributed by atoms with Crippen molar-refractivity contribution < 1.29 is 9.13 Å². The number of aryl methyl sites for hydroxylation is 1. The van der Waals surface area contributed by atoms with Gasteiger partial charge >= 0.3 is 0 Å². The van der Waals surface area contributed by atoms with E-state index < -0.39 is 0 Å². The van der Waals surface area contributed by atoms with Crippen LogP contribution in [0, 0.1) is 12.7 Å². The van der Waals surface area contributed by atoms with Gasteiger partial charge in [0, 0.05) is 17.7 Å². The zero-order valence-corrected chi connectivity index (χ0v) is 11.6. The molecule has 1 N–H and O–H groups in total. The molecule has 1 fully saturated rings. The lowest BCUT2D eigenvalue weighted by Gasteiger charge is -2.22. The van der Waals surface area contributed by atoms with Crippen LogP contribution in [0.1, 0.15) is 36.4 Å². The Labute approximate surface area is 112 Å². The average molecular weight is 272 g/mol. The maximum atomic E-state index is 13.4. The highest BCUT2D eigenvalue weighted by atomic mass is 35.5. The minimum Gasteiger partial charge on any atom is -0.378 e. The van der Waals surface area contributed by atoms with Crippen molar-refractivity contribution in [1.29, 1.82) is 0 Å². The number of halogens is 2. The molecule has 1 aliphatic rings. The molecule has 2 nitrogen and oxygen atoms in total. The number of benzene rings is 1. The van der Waals surface area contributed by atoms with Crippen molar-refractivity contribution in [2.75, 3.05) is 13.7 Å². The normalized spacial score (nSPS) is 21.2. The lowest BCUT2D eigenvalue weighted by molar-refractivity contribution is 0.0954. The van der Waals surface area contributed by atoms with Gasteiger partial charge in [-0.05, 0) is 50.4 Å². The zero-order chi connectivity index (χ0) is 13.1. The molecule has 1 aromatic carbocycles. The summed E-state index contributed by atoms with van der Waals surface area (Å²) in [5.41, 5.74) is 1.58. The summed E-state index contributed by atoms with van der Waals surface area (Å²) < 4.78 is 19.0. The molecule has 0 aromatic heterocycles. The predicted octanol–water partition coefficient (Wildman–Crippen LogP) is 3.62. The molecule has 18 heavy (non-hydrogen) atoms. The smallest absolute Gasteiger partial charge is 0.127 e. The monoisotopic (exact) mass is 271 g/mol. The van der Waals surface area contributed by atoms with Crippen molar-refractivity contribution in [2.45, 2.75) is 38.3 Å². The SMILES string of the molecule is CNC(CC1CCCO1)c1cc(C)c(F)cc1Cl. The summed E-state index contributed by atoms with van der Waals surface area (Å²) in [6, 6.07) is 3.33. The van der Waals surface area contributed by atoms with Gasteiger partial charge in [-0.3, -0.25) is 0 Å². The maximum absolute atomic E-state index is 13.4. The number of rotatable bonds is 4. The first-order chi connectivity index (χ1) is 8.61. The number of ether oxygens (including phenoxy) is 1. The van der Waals surface area contributed by atoms with Crippen LogP contribution in [0.2, 0.25) is 5.02 Å². The Bertz CT molecular complexity index is 419. The third-order valence-corrected chi connectivity index (χ3v) is 3.85. The Morgan fingerprint density at radius 1 is 1.56 bits per heavy atom. The molecule has 2 atom stereocenters. The highest BCUT2D eigenvalue weighted by molar-refractivity contribution is 6.31. The summed E-state index contributed by atoms with van der Waals surface area (Å²) in [5.74, 6) is -0.254.